The number of nitrogens with one attached hydrogen (secondary N) is 1. The lowest BCUT2D eigenvalue weighted by Crippen LogP contribution is -2.00. The van der Waals surface area contributed by atoms with Gasteiger partial charge >= 0.3 is 0 Å². The molecule has 8 nitrogen and oxygen atoms in total. The Hall–Kier alpha value is -4.73. The fourth-order valence-electron chi connectivity index (χ4n) is 4.46. The Morgan fingerprint density at radius 2 is 1.74 bits per heavy atom. The normalized spacial score (nSPS) is 11.1. The number of thiazole rings is 1. The molecular weight excluding hydrogens is 584 g/mol. The lowest BCUT2D eigenvalue weighted by Gasteiger charge is -2.12. The molecule has 5 rings (SSSR count). The molecule has 0 unspecified atom stereocenters. The molecule has 5 aromatic rings. The van der Waals surface area contributed by atoms with Gasteiger partial charge in [-0.05, 0) is 85.5 Å². The quantitative estimate of drug-likeness (QED) is 0.0907. The molecule has 0 amide bonds. The standard InChI is InChI=1S/C33H29ClN4O4S/c1-4-41-30-18-24(8-16-29(30)42-20-23-6-11-26(34)12-7-23)19-35-37-33-36-31(28-15-5-21(2)17-22(28)3)32(43-33)25-9-13-27(14-10-25)38(39)40/h5-19H,4,20H2,1-3H3,(H,36,37)/b35-19-. The molecule has 0 aliphatic heterocycles. The van der Waals surface area contributed by atoms with Gasteiger partial charge in [0.15, 0.2) is 11.5 Å². The third-order valence-electron chi connectivity index (χ3n) is 6.55. The van der Waals surface area contributed by atoms with Gasteiger partial charge < -0.3 is 9.47 Å². The smallest absolute Gasteiger partial charge is 0.269 e. The Labute approximate surface area is 258 Å². The number of aryl methyl sites for hydroxylation is 2. The minimum atomic E-state index is -0.404. The number of rotatable bonds is 11. The van der Waals surface area contributed by atoms with Crippen LogP contribution in [0.25, 0.3) is 21.7 Å². The maximum absolute atomic E-state index is 11.2. The highest BCUT2D eigenvalue weighted by molar-refractivity contribution is 7.19. The predicted octanol–water partition coefficient (Wildman–Crippen LogP) is 9.08. The largest absolute Gasteiger partial charge is 0.490 e. The van der Waals surface area contributed by atoms with E-state index in [-0.39, 0.29) is 5.69 Å². The van der Waals surface area contributed by atoms with E-state index >= 15 is 0 Å². The number of aromatic nitrogens is 1. The molecule has 218 valence electrons. The maximum Gasteiger partial charge on any atom is 0.269 e. The Kier molecular flexibility index (Phi) is 9.34. The number of nitrogens with zero attached hydrogens (tertiary/aromatic N) is 3. The van der Waals surface area contributed by atoms with E-state index in [1.54, 1.807) is 18.3 Å². The fourth-order valence-corrected chi connectivity index (χ4v) is 5.52. The van der Waals surface area contributed by atoms with Crippen LogP contribution in [0.2, 0.25) is 5.02 Å². The van der Waals surface area contributed by atoms with Crippen molar-refractivity contribution in [3.63, 3.8) is 0 Å². The van der Waals surface area contributed by atoms with Crippen molar-refractivity contribution < 1.29 is 14.4 Å². The number of anilines is 1. The second-order valence-corrected chi connectivity index (χ2v) is 11.2. The van der Waals surface area contributed by atoms with E-state index < -0.39 is 4.92 Å². The number of hydrazone groups is 1. The van der Waals surface area contributed by atoms with Crippen molar-refractivity contribution >= 4 is 40.0 Å². The number of hydrogen-bond donors (Lipinski definition) is 1. The van der Waals surface area contributed by atoms with E-state index in [2.05, 4.69) is 16.6 Å². The second-order valence-electron chi connectivity index (χ2n) is 9.74. The molecule has 0 aliphatic carbocycles. The molecule has 0 radical (unpaired) electrons. The minimum absolute atomic E-state index is 0.0390. The third-order valence-corrected chi connectivity index (χ3v) is 7.81. The number of hydrogen-bond acceptors (Lipinski definition) is 8. The second kappa shape index (κ2) is 13.5. The van der Waals surface area contributed by atoms with Crippen LogP contribution in [0.4, 0.5) is 10.8 Å². The van der Waals surface area contributed by atoms with Gasteiger partial charge in [0.2, 0.25) is 5.13 Å². The molecule has 10 heteroatoms. The first-order valence-electron chi connectivity index (χ1n) is 13.6. The zero-order valence-corrected chi connectivity index (χ0v) is 25.4. The van der Waals surface area contributed by atoms with Crippen LogP contribution in [0.1, 0.15) is 29.2 Å². The lowest BCUT2D eigenvalue weighted by molar-refractivity contribution is -0.384. The van der Waals surface area contributed by atoms with E-state index in [4.69, 9.17) is 26.1 Å². The van der Waals surface area contributed by atoms with Crippen molar-refractivity contribution in [2.75, 3.05) is 12.0 Å². The summed E-state index contributed by atoms with van der Waals surface area (Å²) in [4.78, 5) is 16.5. The number of halogens is 1. The number of non-ortho nitro benzene ring substituents is 1. The van der Waals surface area contributed by atoms with Crippen molar-refractivity contribution in [2.24, 2.45) is 5.10 Å². The van der Waals surface area contributed by atoms with E-state index in [0.717, 1.165) is 44.0 Å². The molecule has 4 aromatic carbocycles. The number of nitro benzene ring substituents is 1. The van der Waals surface area contributed by atoms with Gasteiger partial charge in [0, 0.05) is 22.7 Å². The molecule has 1 heterocycles. The Morgan fingerprint density at radius 3 is 2.44 bits per heavy atom. The average Bonchev–Trinajstić information content (AvgIpc) is 3.41. The van der Waals surface area contributed by atoms with Gasteiger partial charge in [0.1, 0.15) is 6.61 Å². The molecule has 1 aromatic heterocycles. The predicted molar refractivity (Wildman–Crippen MR) is 174 cm³/mol. The topological polar surface area (TPSA) is 98.9 Å². The van der Waals surface area contributed by atoms with Crippen LogP contribution < -0.4 is 14.9 Å². The van der Waals surface area contributed by atoms with Crippen LogP contribution in [0.3, 0.4) is 0 Å². The summed E-state index contributed by atoms with van der Waals surface area (Å²) in [6.45, 7) is 6.89. The van der Waals surface area contributed by atoms with Crippen LogP contribution in [0.15, 0.2) is 90.0 Å². The van der Waals surface area contributed by atoms with Crippen molar-refractivity contribution in [3.8, 4) is 33.2 Å². The maximum atomic E-state index is 11.2. The fraction of sp³-hybridized carbons (Fsp3) is 0.152. The van der Waals surface area contributed by atoms with Crippen LogP contribution in [-0.4, -0.2) is 22.7 Å². The van der Waals surface area contributed by atoms with Crippen LogP contribution >= 0.6 is 22.9 Å². The van der Waals surface area contributed by atoms with Crippen molar-refractivity contribution in [3.05, 3.63) is 122 Å². The molecule has 43 heavy (non-hydrogen) atoms. The zero-order valence-electron chi connectivity index (χ0n) is 23.8. The van der Waals surface area contributed by atoms with Crippen LogP contribution in [0, 0.1) is 24.0 Å². The number of nitro groups is 1. The average molecular weight is 613 g/mol. The summed E-state index contributed by atoms with van der Waals surface area (Å²) >= 11 is 7.41. The molecular formula is C33H29ClN4O4S. The first-order chi connectivity index (χ1) is 20.8. The summed E-state index contributed by atoms with van der Waals surface area (Å²) in [7, 11) is 0. The van der Waals surface area contributed by atoms with Gasteiger partial charge in [0.25, 0.3) is 5.69 Å². The van der Waals surface area contributed by atoms with Gasteiger partial charge in [-0.1, -0.05) is 58.8 Å². The van der Waals surface area contributed by atoms with Crippen molar-refractivity contribution in [1.82, 2.24) is 4.98 Å². The van der Waals surface area contributed by atoms with Crippen molar-refractivity contribution in [2.45, 2.75) is 27.4 Å². The molecule has 0 saturated carbocycles. The highest BCUT2D eigenvalue weighted by atomic mass is 35.5. The van der Waals surface area contributed by atoms with E-state index in [1.165, 1.54) is 23.5 Å². The summed E-state index contributed by atoms with van der Waals surface area (Å²) in [6.07, 6.45) is 1.69. The Bertz CT molecular complexity index is 1770. The van der Waals surface area contributed by atoms with Gasteiger partial charge in [0.05, 0.1) is 28.3 Å². The summed E-state index contributed by atoms with van der Waals surface area (Å²) < 4.78 is 11.8. The lowest BCUT2D eigenvalue weighted by atomic mass is 10.0. The molecule has 0 atom stereocenters. The SMILES string of the molecule is CCOc1cc(/C=N\Nc2nc(-c3ccc(C)cc3C)c(-c3ccc([N+](=O)[O-])cc3)s2)ccc1OCc1ccc(Cl)cc1. The van der Waals surface area contributed by atoms with Crippen LogP contribution in [0.5, 0.6) is 11.5 Å². The zero-order chi connectivity index (χ0) is 30.3. The molecule has 0 fully saturated rings. The van der Waals surface area contributed by atoms with Gasteiger partial charge in [-0.15, -0.1) is 0 Å². The van der Waals surface area contributed by atoms with E-state index in [9.17, 15) is 10.1 Å². The van der Waals surface area contributed by atoms with E-state index in [0.29, 0.717) is 34.9 Å². The molecule has 0 aliphatic rings. The first kappa shape index (κ1) is 29.8. The Balaban J connectivity index is 1.37. The molecule has 1 N–H and O–H groups in total. The highest BCUT2D eigenvalue weighted by Gasteiger charge is 2.18. The summed E-state index contributed by atoms with van der Waals surface area (Å²) in [6, 6.07) is 25.8. The third kappa shape index (κ3) is 7.38. The van der Waals surface area contributed by atoms with Crippen molar-refractivity contribution in [1.29, 1.82) is 0 Å². The summed E-state index contributed by atoms with van der Waals surface area (Å²) in [5.41, 5.74) is 9.77. The molecule has 0 saturated heterocycles. The van der Waals surface area contributed by atoms with Gasteiger partial charge in [-0.2, -0.15) is 5.10 Å². The Morgan fingerprint density at radius 1 is 0.977 bits per heavy atom. The number of ether oxygens (including phenoxy) is 2. The monoisotopic (exact) mass is 612 g/mol. The molecule has 0 bridgehead atoms. The summed E-state index contributed by atoms with van der Waals surface area (Å²) in [5, 5.41) is 16.9. The van der Waals surface area contributed by atoms with Gasteiger partial charge in [-0.3, -0.25) is 15.5 Å². The first-order valence-corrected chi connectivity index (χ1v) is 14.8. The molecule has 0 spiro atoms. The van der Waals surface area contributed by atoms with Gasteiger partial charge in [-0.25, -0.2) is 4.98 Å². The summed E-state index contributed by atoms with van der Waals surface area (Å²) in [5.74, 6) is 1.25. The van der Waals surface area contributed by atoms with E-state index in [1.807, 2.05) is 75.4 Å². The minimum Gasteiger partial charge on any atom is -0.490 e. The van der Waals surface area contributed by atoms with Crippen LogP contribution in [-0.2, 0) is 6.61 Å². The highest BCUT2D eigenvalue weighted by Crippen LogP contribution is 2.41. The number of benzene rings is 4.